The van der Waals surface area contributed by atoms with Gasteiger partial charge in [-0.25, -0.2) is 0 Å². The second kappa shape index (κ2) is 6.82. The molecule has 1 aromatic carbocycles. The lowest BCUT2D eigenvalue weighted by atomic mass is 9.92. The number of benzene rings is 1. The van der Waals surface area contributed by atoms with Crippen molar-refractivity contribution in [3.05, 3.63) is 29.3 Å². The molecule has 2 aliphatic rings. The molecule has 0 aromatic heterocycles. The van der Waals surface area contributed by atoms with Gasteiger partial charge in [0.2, 0.25) is 5.91 Å². The summed E-state index contributed by atoms with van der Waals surface area (Å²) in [5, 5.41) is 3.08. The average Bonchev–Trinajstić information content (AvgIpc) is 2.92. The molecule has 0 saturated carbocycles. The fourth-order valence-corrected chi connectivity index (χ4v) is 4.29. The van der Waals surface area contributed by atoms with Crippen molar-refractivity contribution in [1.82, 2.24) is 0 Å². The largest absolute Gasteiger partial charge is 0.334 e. The molecule has 1 fully saturated rings. The minimum atomic E-state index is 0.163. The highest BCUT2D eigenvalue weighted by Gasteiger charge is 2.25. The number of hydrogen-bond donors (Lipinski definition) is 2. The van der Waals surface area contributed by atoms with Gasteiger partial charge in [-0.3, -0.25) is 4.79 Å². The molecule has 2 atom stereocenters. The number of likely N-dealkylation sites (tertiary alicyclic amines) is 1. The zero-order chi connectivity index (χ0) is 15.5. The molecule has 2 N–H and O–H groups in total. The van der Waals surface area contributed by atoms with Gasteiger partial charge in [-0.1, -0.05) is 19.9 Å². The maximum atomic E-state index is 12.2. The van der Waals surface area contributed by atoms with Crippen LogP contribution >= 0.6 is 0 Å². The van der Waals surface area contributed by atoms with E-state index in [1.54, 1.807) is 4.90 Å². The molecule has 3 heteroatoms. The summed E-state index contributed by atoms with van der Waals surface area (Å²) in [4.78, 5) is 13.8. The van der Waals surface area contributed by atoms with Crippen LogP contribution in [0.1, 0.15) is 44.2 Å². The van der Waals surface area contributed by atoms with E-state index in [1.807, 2.05) is 0 Å². The van der Waals surface area contributed by atoms with Gasteiger partial charge in [0, 0.05) is 17.5 Å². The number of carbonyl (C=O) groups excluding carboxylic acids is 1. The Morgan fingerprint density at radius 1 is 1.18 bits per heavy atom. The Labute approximate surface area is 134 Å². The van der Waals surface area contributed by atoms with Crippen LogP contribution in [0.2, 0.25) is 0 Å². The zero-order valence-corrected chi connectivity index (χ0v) is 14.0. The van der Waals surface area contributed by atoms with Crippen LogP contribution in [0.3, 0.4) is 0 Å². The first-order chi connectivity index (χ1) is 10.6. The fraction of sp³-hybridized carbons (Fsp3) is 0.632. The van der Waals surface area contributed by atoms with E-state index in [1.165, 1.54) is 43.5 Å². The van der Waals surface area contributed by atoms with E-state index in [2.05, 4.69) is 37.4 Å². The van der Waals surface area contributed by atoms with Gasteiger partial charge in [-0.2, -0.15) is 0 Å². The van der Waals surface area contributed by atoms with Crippen molar-refractivity contribution in [3.8, 4) is 0 Å². The predicted octanol–water partition coefficient (Wildman–Crippen LogP) is 2.06. The maximum absolute atomic E-state index is 12.2. The fourth-order valence-electron chi connectivity index (χ4n) is 4.29. The highest BCUT2D eigenvalue weighted by atomic mass is 16.1. The minimum Gasteiger partial charge on any atom is -0.334 e. The second-order valence-corrected chi connectivity index (χ2v) is 7.49. The van der Waals surface area contributed by atoms with Gasteiger partial charge in [0.25, 0.3) is 0 Å². The second-order valence-electron chi connectivity index (χ2n) is 7.49. The number of quaternary nitrogens is 1. The molecule has 0 spiro atoms. The van der Waals surface area contributed by atoms with E-state index in [0.29, 0.717) is 6.42 Å². The van der Waals surface area contributed by atoms with Crippen LogP contribution in [0.5, 0.6) is 0 Å². The van der Waals surface area contributed by atoms with Crippen molar-refractivity contribution in [2.45, 2.75) is 46.0 Å². The van der Waals surface area contributed by atoms with Gasteiger partial charge >= 0.3 is 0 Å². The van der Waals surface area contributed by atoms with Crippen LogP contribution in [0.15, 0.2) is 18.2 Å². The quantitative estimate of drug-likeness (QED) is 0.877. The van der Waals surface area contributed by atoms with E-state index in [-0.39, 0.29) is 5.91 Å². The molecule has 22 heavy (non-hydrogen) atoms. The molecule has 0 radical (unpaired) electrons. The third-order valence-electron chi connectivity index (χ3n) is 5.17. The monoisotopic (exact) mass is 301 g/mol. The highest BCUT2D eigenvalue weighted by molar-refractivity contribution is 5.90. The number of anilines is 1. The number of carbonyl (C=O) groups is 1. The van der Waals surface area contributed by atoms with Crippen molar-refractivity contribution in [1.29, 1.82) is 0 Å². The van der Waals surface area contributed by atoms with Crippen LogP contribution in [0.4, 0.5) is 5.69 Å². The summed E-state index contributed by atoms with van der Waals surface area (Å²) in [6.07, 6.45) is 5.57. The summed E-state index contributed by atoms with van der Waals surface area (Å²) in [6, 6.07) is 6.40. The SMILES string of the molecule is C[C@H]1C[C@H](C)C[NH+](CCC(=O)Nc2ccc3c(c2)CCC3)C1. The molecule has 1 aromatic rings. The first kappa shape index (κ1) is 15.5. The van der Waals surface area contributed by atoms with Gasteiger partial charge in [0.15, 0.2) is 0 Å². The van der Waals surface area contributed by atoms with Gasteiger partial charge < -0.3 is 10.2 Å². The third kappa shape index (κ3) is 3.89. The zero-order valence-electron chi connectivity index (χ0n) is 14.0. The van der Waals surface area contributed by atoms with Crippen LogP contribution in [-0.2, 0) is 17.6 Å². The lowest BCUT2D eigenvalue weighted by molar-refractivity contribution is -0.911. The van der Waals surface area contributed by atoms with Crippen molar-refractivity contribution in [2.24, 2.45) is 11.8 Å². The summed E-state index contributed by atoms with van der Waals surface area (Å²) in [5.74, 6) is 1.74. The Morgan fingerprint density at radius 2 is 1.91 bits per heavy atom. The molecular weight excluding hydrogens is 272 g/mol. The number of hydrogen-bond acceptors (Lipinski definition) is 1. The maximum Gasteiger partial charge on any atom is 0.230 e. The van der Waals surface area contributed by atoms with Crippen molar-refractivity contribution in [2.75, 3.05) is 25.0 Å². The first-order valence-electron chi connectivity index (χ1n) is 8.85. The lowest BCUT2D eigenvalue weighted by Gasteiger charge is -2.31. The van der Waals surface area contributed by atoms with Crippen LogP contribution in [0, 0.1) is 11.8 Å². The Kier molecular flexibility index (Phi) is 4.82. The molecule has 1 amide bonds. The molecule has 3 nitrogen and oxygen atoms in total. The Morgan fingerprint density at radius 3 is 2.68 bits per heavy atom. The number of piperidine rings is 1. The van der Waals surface area contributed by atoms with E-state index in [9.17, 15) is 4.79 Å². The third-order valence-corrected chi connectivity index (χ3v) is 5.17. The summed E-state index contributed by atoms with van der Waals surface area (Å²) < 4.78 is 0. The number of aryl methyl sites for hydroxylation is 2. The van der Waals surface area contributed by atoms with Crippen molar-refractivity contribution in [3.63, 3.8) is 0 Å². The molecule has 0 unspecified atom stereocenters. The highest BCUT2D eigenvalue weighted by Crippen LogP contribution is 2.24. The molecule has 3 rings (SSSR count). The van der Waals surface area contributed by atoms with E-state index in [4.69, 9.17) is 0 Å². The van der Waals surface area contributed by atoms with E-state index < -0.39 is 0 Å². The standard InChI is InChI=1S/C19H28N2O/c1-14-10-15(2)13-21(12-14)9-8-19(22)20-18-7-6-16-4-3-5-17(16)11-18/h6-7,11,14-15H,3-5,8-10,12-13H2,1-2H3,(H,20,22)/p+1/t14-,15-/m0/s1. The van der Waals surface area contributed by atoms with Gasteiger partial charge in [0.05, 0.1) is 26.1 Å². The molecule has 120 valence electrons. The lowest BCUT2D eigenvalue weighted by Crippen LogP contribution is -3.14. The first-order valence-corrected chi connectivity index (χ1v) is 8.85. The normalized spacial score (nSPS) is 27.5. The van der Waals surface area contributed by atoms with Crippen LogP contribution in [0.25, 0.3) is 0 Å². The summed E-state index contributed by atoms with van der Waals surface area (Å²) in [7, 11) is 0. The smallest absolute Gasteiger partial charge is 0.230 e. The van der Waals surface area contributed by atoms with Crippen LogP contribution < -0.4 is 10.2 Å². The van der Waals surface area contributed by atoms with Gasteiger partial charge in [0.1, 0.15) is 0 Å². The van der Waals surface area contributed by atoms with Gasteiger partial charge in [-0.05, 0) is 48.9 Å². The topological polar surface area (TPSA) is 33.5 Å². The number of nitrogens with one attached hydrogen (secondary N) is 2. The molecule has 1 aliphatic carbocycles. The number of amides is 1. The molecule has 1 saturated heterocycles. The number of rotatable bonds is 4. The van der Waals surface area contributed by atoms with Crippen molar-refractivity contribution >= 4 is 11.6 Å². The Hall–Kier alpha value is -1.35. The minimum absolute atomic E-state index is 0.163. The number of fused-ring (bicyclic) bond motifs is 1. The summed E-state index contributed by atoms with van der Waals surface area (Å²) >= 11 is 0. The van der Waals surface area contributed by atoms with Gasteiger partial charge in [-0.15, -0.1) is 0 Å². The Balaban J connectivity index is 1.48. The molecular formula is C19H29N2O+. The van der Waals surface area contributed by atoms with Crippen molar-refractivity contribution < 1.29 is 9.69 Å². The summed E-state index contributed by atoms with van der Waals surface area (Å²) in [5.41, 5.74) is 3.85. The predicted molar refractivity (Wildman–Crippen MR) is 90.2 cm³/mol. The van der Waals surface area contributed by atoms with E-state index >= 15 is 0 Å². The molecule has 1 heterocycles. The molecule has 0 bridgehead atoms. The van der Waals surface area contributed by atoms with E-state index in [0.717, 1.165) is 30.5 Å². The average molecular weight is 301 g/mol. The summed E-state index contributed by atoms with van der Waals surface area (Å²) in [6.45, 7) is 8.07. The van der Waals surface area contributed by atoms with Crippen LogP contribution in [-0.4, -0.2) is 25.5 Å². The molecule has 1 aliphatic heterocycles. The Bertz CT molecular complexity index is 530.